The zero-order chi connectivity index (χ0) is 15.8. The lowest BCUT2D eigenvalue weighted by molar-refractivity contribution is -0.125. The first-order valence-corrected chi connectivity index (χ1v) is 7.69. The van der Waals surface area contributed by atoms with E-state index in [-0.39, 0.29) is 17.7 Å². The van der Waals surface area contributed by atoms with Crippen LogP contribution in [0.4, 0.5) is 4.39 Å². The number of nitrogens with one attached hydrogen (secondary N) is 3. The molecule has 120 valence electrons. The normalized spacial score (nSPS) is 15.3. The highest BCUT2D eigenvalue weighted by Gasteiger charge is 2.20. The lowest BCUT2D eigenvalue weighted by atomic mass is 9.97. The molecule has 3 N–H and O–H groups in total. The topological polar surface area (TPSA) is 70.2 Å². The van der Waals surface area contributed by atoms with E-state index in [0.29, 0.717) is 25.1 Å². The van der Waals surface area contributed by atoms with Crippen molar-refractivity contribution < 1.29 is 14.0 Å². The van der Waals surface area contributed by atoms with Gasteiger partial charge in [-0.05, 0) is 50.6 Å². The van der Waals surface area contributed by atoms with E-state index < -0.39 is 5.82 Å². The highest BCUT2D eigenvalue weighted by Crippen LogP contribution is 2.11. The number of halogens is 1. The Balaban J connectivity index is 1.60. The molecule has 1 aromatic carbocycles. The summed E-state index contributed by atoms with van der Waals surface area (Å²) >= 11 is 0. The first-order valence-electron chi connectivity index (χ1n) is 7.69. The Morgan fingerprint density at radius 1 is 1.18 bits per heavy atom. The van der Waals surface area contributed by atoms with Crippen molar-refractivity contribution in [2.45, 2.75) is 19.3 Å². The van der Waals surface area contributed by atoms with Gasteiger partial charge in [-0.2, -0.15) is 0 Å². The van der Waals surface area contributed by atoms with Crippen molar-refractivity contribution in [3.05, 3.63) is 35.6 Å². The van der Waals surface area contributed by atoms with Crippen LogP contribution in [-0.4, -0.2) is 38.0 Å². The van der Waals surface area contributed by atoms with Gasteiger partial charge in [-0.25, -0.2) is 4.39 Å². The van der Waals surface area contributed by atoms with Crippen LogP contribution in [-0.2, 0) is 4.79 Å². The van der Waals surface area contributed by atoms with E-state index in [9.17, 15) is 14.0 Å². The van der Waals surface area contributed by atoms with E-state index in [4.69, 9.17) is 0 Å². The molecule has 2 rings (SSSR count). The van der Waals surface area contributed by atoms with Gasteiger partial charge < -0.3 is 16.0 Å². The Labute approximate surface area is 129 Å². The smallest absolute Gasteiger partial charge is 0.251 e. The first-order chi connectivity index (χ1) is 10.7. The Morgan fingerprint density at radius 3 is 2.64 bits per heavy atom. The summed E-state index contributed by atoms with van der Waals surface area (Å²) in [7, 11) is 0. The molecule has 1 aliphatic rings. The highest BCUT2D eigenvalue weighted by atomic mass is 19.1. The van der Waals surface area contributed by atoms with E-state index in [1.807, 2.05) is 0 Å². The van der Waals surface area contributed by atoms with Crippen molar-refractivity contribution in [1.82, 2.24) is 16.0 Å². The molecule has 6 heteroatoms. The van der Waals surface area contributed by atoms with E-state index in [2.05, 4.69) is 16.0 Å². The van der Waals surface area contributed by atoms with E-state index in [1.165, 1.54) is 18.2 Å². The Hall–Kier alpha value is -1.95. The van der Waals surface area contributed by atoms with Crippen LogP contribution in [0.3, 0.4) is 0 Å². The average molecular weight is 307 g/mol. The summed E-state index contributed by atoms with van der Waals surface area (Å²) in [6, 6.07) is 5.57. The van der Waals surface area contributed by atoms with Gasteiger partial charge in [0.15, 0.2) is 0 Å². The maximum Gasteiger partial charge on any atom is 0.251 e. The Bertz CT molecular complexity index is 516. The van der Waals surface area contributed by atoms with Gasteiger partial charge in [-0.3, -0.25) is 9.59 Å². The van der Waals surface area contributed by atoms with Crippen LogP contribution in [0.25, 0.3) is 0 Å². The van der Waals surface area contributed by atoms with Gasteiger partial charge in [0.2, 0.25) is 5.91 Å². The van der Waals surface area contributed by atoms with Crippen LogP contribution in [0.5, 0.6) is 0 Å². The van der Waals surface area contributed by atoms with Crippen molar-refractivity contribution in [2.24, 2.45) is 5.92 Å². The van der Waals surface area contributed by atoms with E-state index in [1.54, 1.807) is 6.07 Å². The molecule has 2 amide bonds. The highest BCUT2D eigenvalue weighted by molar-refractivity contribution is 5.94. The van der Waals surface area contributed by atoms with E-state index in [0.717, 1.165) is 25.9 Å². The summed E-state index contributed by atoms with van der Waals surface area (Å²) in [5.41, 5.74) is 0.304. The fraction of sp³-hybridized carbons (Fsp3) is 0.500. The molecule has 5 nitrogen and oxygen atoms in total. The number of carbonyl (C=O) groups excluding carboxylic acids is 2. The predicted molar refractivity (Wildman–Crippen MR) is 82.0 cm³/mol. The third-order valence-electron chi connectivity index (χ3n) is 3.74. The van der Waals surface area contributed by atoms with E-state index >= 15 is 0 Å². The zero-order valence-electron chi connectivity index (χ0n) is 12.5. The number of amides is 2. The van der Waals surface area contributed by atoms with Crippen molar-refractivity contribution in [2.75, 3.05) is 26.2 Å². The molecule has 1 fully saturated rings. The second-order valence-corrected chi connectivity index (χ2v) is 5.44. The Kier molecular flexibility index (Phi) is 6.33. The zero-order valence-corrected chi connectivity index (χ0v) is 12.5. The molecule has 0 unspecified atom stereocenters. The summed E-state index contributed by atoms with van der Waals surface area (Å²) in [6.07, 6.45) is 2.40. The van der Waals surface area contributed by atoms with Crippen molar-refractivity contribution in [1.29, 1.82) is 0 Å². The minimum absolute atomic E-state index is 0.0953. The molecule has 22 heavy (non-hydrogen) atoms. The summed E-state index contributed by atoms with van der Waals surface area (Å²) in [5.74, 6) is -0.535. The van der Waals surface area contributed by atoms with Crippen molar-refractivity contribution in [3.63, 3.8) is 0 Å². The fourth-order valence-corrected chi connectivity index (χ4v) is 2.46. The number of carbonyl (C=O) groups is 2. The molecule has 0 spiro atoms. The van der Waals surface area contributed by atoms with Gasteiger partial charge >= 0.3 is 0 Å². The standard InChI is InChI=1S/C16H22FN3O2/c17-14-4-1-3-13(11-14)16(22)20-8-2-7-19-15(21)12-5-9-18-10-6-12/h1,3-4,11-12,18H,2,5-10H2,(H,19,21)(H,20,22). The quantitative estimate of drug-likeness (QED) is 0.688. The summed E-state index contributed by atoms with van der Waals surface area (Å²) in [6.45, 7) is 2.76. The molecular weight excluding hydrogens is 285 g/mol. The number of rotatable bonds is 6. The number of hydrogen-bond acceptors (Lipinski definition) is 3. The van der Waals surface area contributed by atoms with Crippen LogP contribution in [0.1, 0.15) is 29.6 Å². The average Bonchev–Trinajstić information content (AvgIpc) is 2.55. The molecular formula is C16H22FN3O2. The minimum Gasteiger partial charge on any atom is -0.356 e. The van der Waals surface area contributed by atoms with Crippen LogP contribution in [0, 0.1) is 11.7 Å². The molecule has 0 atom stereocenters. The predicted octanol–water partition coefficient (Wildman–Crippen LogP) is 1.06. The van der Waals surface area contributed by atoms with Gasteiger partial charge in [0.05, 0.1) is 0 Å². The lowest BCUT2D eigenvalue weighted by Crippen LogP contribution is -2.39. The summed E-state index contributed by atoms with van der Waals surface area (Å²) in [5, 5.41) is 8.83. The summed E-state index contributed by atoms with van der Waals surface area (Å²) < 4.78 is 13.0. The monoisotopic (exact) mass is 307 g/mol. The van der Waals surface area contributed by atoms with Gasteiger partial charge in [-0.1, -0.05) is 6.07 Å². The van der Waals surface area contributed by atoms with Gasteiger partial charge in [0.25, 0.3) is 5.91 Å². The first kappa shape index (κ1) is 16.4. The van der Waals surface area contributed by atoms with Crippen LogP contribution in [0.15, 0.2) is 24.3 Å². The number of piperidine rings is 1. The minimum atomic E-state index is -0.429. The third-order valence-corrected chi connectivity index (χ3v) is 3.74. The summed E-state index contributed by atoms with van der Waals surface area (Å²) in [4.78, 5) is 23.7. The fourth-order valence-electron chi connectivity index (χ4n) is 2.46. The van der Waals surface area contributed by atoms with Gasteiger partial charge in [-0.15, -0.1) is 0 Å². The number of hydrogen-bond donors (Lipinski definition) is 3. The Morgan fingerprint density at radius 2 is 1.91 bits per heavy atom. The molecule has 0 radical (unpaired) electrons. The van der Waals surface area contributed by atoms with Crippen molar-refractivity contribution in [3.8, 4) is 0 Å². The van der Waals surface area contributed by atoms with Gasteiger partial charge in [0, 0.05) is 24.6 Å². The SMILES string of the molecule is O=C(NCCCNC(=O)C1CCNCC1)c1cccc(F)c1. The molecule has 0 bridgehead atoms. The largest absolute Gasteiger partial charge is 0.356 e. The van der Waals surface area contributed by atoms with Crippen molar-refractivity contribution >= 4 is 11.8 Å². The molecule has 0 aliphatic carbocycles. The van der Waals surface area contributed by atoms with Gasteiger partial charge in [0.1, 0.15) is 5.82 Å². The second kappa shape index (κ2) is 8.48. The maximum atomic E-state index is 13.0. The molecule has 1 aromatic rings. The second-order valence-electron chi connectivity index (χ2n) is 5.44. The lowest BCUT2D eigenvalue weighted by Gasteiger charge is -2.21. The van der Waals surface area contributed by atoms with Crippen LogP contribution < -0.4 is 16.0 Å². The molecule has 0 saturated carbocycles. The molecule has 1 saturated heterocycles. The van der Waals surface area contributed by atoms with Crippen LogP contribution >= 0.6 is 0 Å². The number of benzene rings is 1. The molecule has 0 aromatic heterocycles. The van der Waals surface area contributed by atoms with Crippen LogP contribution in [0.2, 0.25) is 0 Å². The third kappa shape index (κ3) is 5.11. The molecule has 1 heterocycles. The maximum absolute atomic E-state index is 13.0. The molecule has 1 aliphatic heterocycles.